The molecule has 0 amide bonds. The van der Waals surface area contributed by atoms with E-state index in [1.807, 2.05) is 0 Å². The van der Waals surface area contributed by atoms with Gasteiger partial charge in [-0.2, -0.15) is 5.10 Å². The molecule has 1 fully saturated rings. The molecular formula is C24H28N2. The molecule has 0 aromatic heterocycles. The van der Waals surface area contributed by atoms with Crippen molar-refractivity contribution in [2.24, 2.45) is 5.10 Å². The second-order valence-corrected chi connectivity index (χ2v) is 7.64. The topological polar surface area (TPSA) is 24.4 Å². The number of rotatable bonds is 5. The van der Waals surface area contributed by atoms with Gasteiger partial charge in [0.15, 0.2) is 0 Å². The Morgan fingerprint density at radius 2 is 1.69 bits per heavy atom. The molecule has 0 aliphatic heterocycles. The van der Waals surface area contributed by atoms with Crippen molar-refractivity contribution in [3.8, 4) is 0 Å². The van der Waals surface area contributed by atoms with Gasteiger partial charge in [0.1, 0.15) is 0 Å². The molecule has 2 unspecified atom stereocenters. The van der Waals surface area contributed by atoms with Gasteiger partial charge in [-0.15, -0.1) is 0 Å². The lowest BCUT2D eigenvalue weighted by atomic mass is 9.87. The van der Waals surface area contributed by atoms with Crippen molar-refractivity contribution in [1.29, 1.82) is 0 Å². The zero-order chi connectivity index (χ0) is 17.8. The summed E-state index contributed by atoms with van der Waals surface area (Å²) in [6.45, 7) is 2.26. The summed E-state index contributed by atoms with van der Waals surface area (Å²) in [6, 6.07) is 19.8. The Hall–Kier alpha value is -2.35. The van der Waals surface area contributed by atoms with Crippen molar-refractivity contribution in [3.63, 3.8) is 0 Å². The Bertz CT molecular complexity index is 796. The van der Waals surface area contributed by atoms with Crippen molar-refractivity contribution in [2.45, 2.75) is 57.4 Å². The lowest BCUT2D eigenvalue weighted by Gasteiger charge is -2.24. The van der Waals surface area contributed by atoms with Crippen LogP contribution in [0.1, 0.15) is 74.1 Å². The van der Waals surface area contributed by atoms with Crippen LogP contribution in [-0.2, 0) is 0 Å². The van der Waals surface area contributed by atoms with Gasteiger partial charge in [0.25, 0.3) is 0 Å². The zero-order valence-corrected chi connectivity index (χ0v) is 15.6. The van der Waals surface area contributed by atoms with E-state index in [2.05, 4.69) is 73.0 Å². The van der Waals surface area contributed by atoms with Gasteiger partial charge in [-0.25, -0.2) is 0 Å². The van der Waals surface area contributed by atoms with Crippen LogP contribution in [0.4, 0.5) is 0 Å². The minimum atomic E-state index is 0.241. The number of allylic oxidation sites excluding steroid dienone is 1. The summed E-state index contributed by atoms with van der Waals surface area (Å²) in [5.41, 5.74) is 10.5. The Labute approximate surface area is 157 Å². The summed E-state index contributed by atoms with van der Waals surface area (Å²) in [7, 11) is 0. The maximum Gasteiger partial charge on any atom is 0.0698 e. The second-order valence-electron chi connectivity index (χ2n) is 7.64. The Morgan fingerprint density at radius 1 is 0.962 bits per heavy atom. The normalized spacial score (nSPS) is 20.3. The van der Waals surface area contributed by atoms with Crippen LogP contribution in [0.15, 0.2) is 65.3 Å². The van der Waals surface area contributed by atoms with Crippen LogP contribution in [0.5, 0.6) is 0 Å². The Kier molecular flexibility index (Phi) is 5.19. The molecule has 0 spiro atoms. The predicted octanol–water partition coefficient (Wildman–Crippen LogP) is 6.23. The van der Waals surface area contributed by atoms with E-state index in [1.54, 1.807) is 0 Å². The monoisotopic (exact) mass is 344 g/mol. The van der Waals surface area contributed by atoms with Gasteiger partial charge in [-0.1, -0.05) is 72.7 Å². The average molecular weight is 345 g/mol. The maximum absolute atomic E-state index is 4.83. The first-order valence-electron chi connectivity index (χ1n) is 9.94. The fourth-order valence-electron chi connectivity index (χ4n) is 4.29. The highest BCUT2D eigenvalue weighted by atomic mass is 15.3. The highest BCUT2D eigenvalue weighted by Gasteiger charge is 2.26. The van der Waals surface area contributed by atoms with Crippen molar-refractivity contribution >= 4 is 11.8 Å². The first-order valence-corrected chi connectivity index (χ1v) is 9.94. The van der Waals surface area contributed by atoms with Gasteiger partial charge in [0, 0.05) is 11.6 Å². The molecule has 1 N–H and O–H groups in total. The van der Waals surface area contributed by atoms with E-state index in [-0.39, 0.29) is 6.04 Å². The van der Waals surface area contributed by atoms with Crippen LogP contribution in [-0.4, -0.2) is 5.71 Å². The SMILES string of the molecule is CC1=Cc2ccccc2C1CC(NN=C1CCCCC1)c1ccccc1. The van der Waals surface area contributed by atoms with Gasteiger partial charge in [-0.3, -0.25) is 0 Å². The number of fused-ring (bicyclic) bond motifs is 1. The Morgan fingerprint density at radius 3 is 2.50 bits per heavy atom. The number of nitrogens with one attached hydrogen (secondary N) is 1. The molecule has 1 saturated carbocycles. The second kappa shape index (κ2) is 7.90. The summed E-state index contributed by atoms with van der Waals surface area (Å²) < 4.78 is 0. The minimum Gasteiger partial charge on any atom is -0.303 e. The molecule has 26 heavy (non-hydrogen) atoms. The van der Waals surface area contributed by atoms with Crippen molar-refractivity contribution in [1.82, 2.24) is 5.43 Å². The van der Waals surface area contributed by atoms with Gasteiger partial charge in [-0.05, 0) is 55.7 Å². The molecule has 2 aromatic carbocycles. The lowest BCUT2D eigenvalue weighted by molar-refractivity contribution is 0.487. The Balaban J connectivity index is 1.56. The summed E-state index contributed by atoms with van der Waals surface area (Å²) in [5, 5.41) is 4.83. The number of hydrogen-bond donors (Lipinski definition) is 1. The molecule has 2 aliphatic carbocycles. The number of hydrazone groups is 1. The quantitative estimate of drug-likeness (QED) is 0.639. The average Bonchev–Trinajstić information content (AvgIpc) is 3.01. The van der Waals surface area contributed by atoms with E-state index >= 15 is 0 Å². The van der Waals surface area contributed by atoms with E-state index < -0.39 is 0 Å². The smallest absolute Gasteiger partial charge is 0.0698 e. The standard InChI is InChI=1S/C24H28N2/c1-18-16-20-12-8-9-15-22(20)23(18)17-24(19-10-4-2-5-11-19)26-25-21-13-6-3-7-14-21/h2,4-5,8-12,15-16,23-24,26H,3,6-7,13-14,17H2,1H3. The van der Waals surface area contributed by atoms with E-state index in [0.29, 0.717) is 5.92 Å². The van der Waals surface area contributed by atoms with Crippen LogP contribution >= 0.6 is 0 Å². The highest BCUT2D eigenvalue weighted by molar-refractivity contribution is 5.84. The largest absolute Gasteiger partial charge is 0.303 e. The molecule has 2 atom stereocenters. The van der Waals surface area contributed by atoms with Gasteiger partial charge >= 0.3 is 0 Å². The van der Waals surface area contributed by atoms with E-state index in [0.717, 1.165) is 19.3 Å². The molecule has 2 aliphatic rings. The number of hydrogen-bond acceptors (Lipinski definition) is 2. The summed E-state index contributed by atoms with van der Waals surface area (Å²) in [5.74, 6) is 0.468. The van der Waals surface area contributed by atoms with Crippen LogP contribution in [0, 0.1) is 0 Å². The van der Waals surface area contributed by atoms with Gasteiger partial charge in [0.2, 0.25) is 0 Å². The first-order chi connectivity index (χ1) is 12.8. The van der Waals surface area contributed by atoms with Gasteiger partial charge < -0.3 is 5.43 Å². The van der Waals surface area contributed by atoms with Crippen molar-refractivity contribution in [2.75, 3.05) is 0 Å². The highest BCUT2D eigenvalue weighted by Crippen LogP contribution is 2.41. The molecule has 134 valence electrons. The van der Waals surface area contributed by atoms with E-state index in [4.69, 9.17) is 5.10 Å². The van der Waals surface area contributed by atoms with E-state index in [1.165, 1.54) is 47.2 Å². The van der Waals surface area contributed by atoms with Crippen LogP contribution in [0.2, 0.25) is 0 Å². The van der Waals surface area contributed by atoms with Crippen LogP contribution in [0.3, 0.4) is 0 Å². The molecular weight excluding hydrogens is 316 g/mol. The van der Waals surface area contributed by atoms with Gasteiger partial charge in [0.05, 0.1) is 6.04 Å². The maximum atomic E-state index is 4.83. The zero-order valence-electron chi connectivity index (χ0n) is 15.6. The third-order valence-electron chi connectivity index (χ3n) is 5.79. The lowest BCUT2D eigenvalue weighted by Crippen LogP contribution is -2.21. The first kappa shape index (κ1) is 17.1. The number of nitrogens with zero attached hydrogens (tertiary/aromatic N) is 1. The summed E-state index contributed by atoms with van der Waals surface area (Å²) >= 11 is 0. The fourth-order valence-corrected chi connectivity index (χ4v) is 4.29. The molecule has 0 bridgehead atoms. The summed E-state index contributed by atoms with van der Waals surface area (Å²) in [4.78, 5) is 0. The molecule has 0 saturated heterocycles. The third kappa shape index (κ3) is 3.75. The van der Waals surface area contributed by atoms with Crippen LogP contribution in [0.25, 0.3) is 6.08 Å². The minimum absolute atomic E-state index is 0.241. The number of benzene rings is 2. The molecule has 2 nitrogen and oxygen atoms in total. The summed E-state index contributed by atoms with van der Waals surface area (Å²) in [6.07, 6.45) is 9.61. The molecule has 2 heteroatoms. The van der Waals surface area contributed by atoms with Crippen molar-refractivity contribution < 1.29 is 0 Å². The third-order valence-corrected chi connectivity index (χ3v) is 5.79. The molecule has 2 aromatic rings. The fraction of sp³-hybridized carbons (Fsp3) is 0.375. The van der Waals surface area contributed by atoms with Crippen molar-refractivity contribution in [3.05, 3.63) is 76.9 Å². The predicted molar refractivity (Wildman–Crippen MR) is 110 cm³/mol. The molecule has 4 rings (SSSR count). The molecule has 0 radical (unpaired) electrons. The van der Waals surface area contributed by atoms with Crippen LogP contribution < -0.4 is 5.43 Å². The van der Waals surface area contributed by atoms with E-state index in [9.17, 15) is 0 Å². The molecule has 0 heterocycles.